The summed E-state index contributed by atoms with van der Waals surface area (Å²) < 4.78 is 36.9. The summed E-state index contributed by atoms with van der Waals surface area (Å²) >= 11 is 0. The van der Waals surface area contributed by atoms with Crippen LogP contribution in [-0.4, -0.2) is 26.7 Å². The quantitative estimate of drug-likeness (QED) is 0.613. The molecule has 8 heteroatoms. The maximum atomic E-state index is 12.1. The van der Waals surface area contributed by atoms with E-state index in [-0.39, 0.29) is 23.8 Å². The Hall–Kier alpha value is -2.06. The number of hydrogen-bond acceptors (Lipinski definition) is 6. The molecule has 0 saturated carbocycles. The van der Waals surface area contributed by atoms with E-state index in [1.165, 1.54) is 0 Å². The van der Waals surface area contributed by atoms with Crippen LogP contribution in [0.15, 0.2) is 33.7 Å². The lowest BCUT2D eigenvalue weighted by molar-refractivity contribution is 0.323. The SMILES string of the molecule is Cc1noc(C)c1S(=O)(=O)NCCOc1cccc(N)c1. The van der Waals surface area contributed by atoms with Gasteiger partial charge in [0, 0.05) is 18.3 Å². The second-order valence-corrected chi connectivity index (χ2v) is 6.18. The van der Waals surface area contributed by atoms with Crippen molar-refractivity contribution in [3.05, 3.63) is 35.7 Å². The van der Waals surface area contributed by atoms with Crippen molar-refractivity contribution in [1.82, 2.24) is 9.88 Å². The van der Waals surface area contributed by atoms with E-state index in [0.717, 1.165) is 0 Å². The van der Waals surface area contributed by atoms with Gasteiger partial charge in [-0.2, -0.15) is 0 Å². The van der Waals surface area contributed by atoms with Crippen molar-refractivity contribution in [3.8, 4) is 5.75 Å². The van der Waals surface area contributed by atoms with Crippen molar-refractivity contribution in [2.45, 2.75) is 18.7 Å². The molecule has 0 fully saturated rings. The van der Waals surface area contributed by atoms with E-state index in [0.29, 0.717) is 17.1 Å². The lowest BCUT2D eigenvalue weighted by Crippen LogP contribution is -2.29. The lowest BCUT2D eigenvalue weighted by Gasteiger charge is -2.08. The van der Waals surface area contributed by atoms with Crippen molar-refractivity contribution in [2.24, 2.45) is 0 Å². The predicted molar refractivity (Wildman–Crippen MR) is 77.5 cm³/mol. The monoisotopic (exact) mass is 311 g/mol. The van der Waals surface area contributed by atoms with E-state index in [4.69, 9.17) is 15.0 Å². The van der Waals surface area contributed by atoms with Crippen molar-refractivity contribution < 1.29 is 17.7 Å². The fraction of sp³-hybridized carbons (Fsp3) is 0.308. The summed E-state index contributed by atoms with van der Waals surface area (Å²) in [5, 5.41) is 3.63. The number of nitrogens with one attached hydrogen (secondary N) is 1. The number of nitrogen functional groups attached to an aromatic ring is 1. The van der Waals surface area contributed by atoms with Crippen LogP contribution in [0, 0.1) is 13.8 Å². The number of hydrogen-bond donors (Lipinski definition) is 2. The first-order chi connectivity index (χ1) is 9.90. The maximum absolute atomic E-state index is 12.1. The zero-order valence-corrected chi connectivity index (χ0v) is 12.6. The molecule has 1 aromatic carbocycles. The van der Waals surface area contributed by atoms with Gasteiger partial charge in [0.25, 0.3) is 0 Å². The van der Waals surface area contributed by atoms with Crippen molar-refractivity contribution in [3.63, 3.8) is 0 Å². The molecular formula is C13H17N3O4S. The molecule has 0 radical (unpaired) electrons. The summed E-state index contributed by atoms with van der Waals surface area (Å²) in [4.78, 5) is 0.0754. The minimum absolute atomic E-state index is 0.0754. The number of anilines is 1. The molecular weight excluding hydrogens is 294 g/mol. The molecule has 0 unspecified atom stereocenters. The third-order valence-corrected chi connectivity index (χ3v) is 4.46. The van der Waals surface area contributed by atoms with Gasteiger partial charge in [-0.05, 0) is 26.0 Å². The first-order valence-corrected chi connectivity index (χ1v) is 7.79. The number of benzene rings is 1. The number of rotatable bonds is 6. The Kier molecular flexibility index (Phi) is 4.49. The molecule has 0 aliphatic carbocycles. The van der Waals surface area contributed by atoms with Crippen LogP contribution in [0.1, 0.15) is 11.5 Å². The molecule has 0 bridgehead atoms. The van der Waals surface area contributed by atoms with Crippen LogP contribution in [0.3, 0.4) is 0 Å². The third-order valence-electron chi connectivity index (χ3n) is 2.76. The minimum atomic E-state index is -3.65. The van der Waals surface area contributed by atoms with E-state index >= 15 is 0 Å². The Balaban J connectivity index is 1.91. The second kappa shape index (κ2) is 6.15. The Morgan fingerprint density at radius 3 is 2.76 bits per heavy atom. The molecule has 7 nitrogen and oxygen atoms in total. The van der Waals surface area contributed by atoms with E-state index in [9.17, 15) is 8.42 Å². The highest BCUT2D eigenvalue weighted by molar-refractivity contribution is 7.89. The molecule has 0 amide bonds. The van der Waals surface area contributed by atoms with Crippen LogP contribution in [0.5, 0.6) is 5.75 Å². The number of nitrogens with two attached hydrogens (primary N) is 1. The first-order valence-electron chi connectivity index (χ1n) is 6.31. The van der Waals surface area contributed by atoms with Crippen molar-refractivity contribution in [2.75, 3.05) is 18.9 Å². The van der Waals surface area contributed by atoms with Crippen molar-refractivity contribution in [1.29, 1.82) is 0 Å². The highest BCUT2D eigenvalue weighted by Gasteiger charge is 2.23. The van der Waals surface area contributed by atoms with Gasteiger partial charge in [-0.25, -0.2) is 13.1 Å². The van der Waals surface area contributed by atoms with Gasteiger partial charge in [0.2, 0.25) is 10.0 Å². The second-order valence-electron chi connectivity index (χ2n) is 4.47. The lowest BCUT2D eigenvalue weighted by atomic mass is 10.3. The highest BCUT2D eigenvalue weighted by Crippen LogP contribution is 2.18. The van der Waals surface area contributed by atoms with Crippen molar-refractivity contribution >= 4 is 15.7 Å². The van der Waals surface area contributed by atoms with E-state index in [2.05, 4.69) is 9.88 Å². The third kappa shape index (κ3) is 3.73. The normalized spacial score (nSPS) is 11.5. The van der Waals surface area contributed by atoms with Gasteiger partial charge < -0.3 is 15.0 Å². The van der Waals surface area contributed by atoms with E-state index in [1.807, 2.05) is 0 Å². The van der Waals surface area contributed by atoms with Gasteiger partial charge in [-0.3, -0.25) is 0 Å². The smallest absolute Gasteiger partial charge is 0.246 e. The molecule has 0 aliphatic heterocycles. The van der Waals surface area contributed by atoms with Crippen LogP contribution >= 0.6 is 0 Å². The number of sulfonamides is 1. The minimum Gasteiger partial charge on any atom is -0.492 e. The molecule has 0 saturated heterocycles. The van der Waals surface area contributed by atoms with Gasteiger partial charge in [0.05, 0.1) is 0 Å². The molecule has 1 heterocycles. The number of nitrogens with zero attached hydrogens (tertiary/aromatic N) is 1. The standard InChI is InChI=1S/C13H17N3O4S/c1-9-13(10(2)20-16-9)21(17,18)15-6-7-19-12-5-3-4-11(14)8-12/h3-5,8,15H,6-7,14H2,1-2H3. The van der Waals surface area contributed by atoms with Gasteiger partial charge in [0.1, 0.15) is 22.9 Å². The fourth-order valence-corrected chi connectivity index (χ4v) is 3.22. The van der Waals surface area contributed by atoms with Crippen LogP contribution in [0.2, 0.25) is 0 Å². The van der Waals surface area contributed by atoms with Gasteiger partial charge >= 0.3 is 0 Å². The summed E-state index contributed by atoms with van der Waals surface area (Å²) in [7, 11) is -3.65. The Morgan fingerprint density at radius 1 is 1.38 bits per heavy atom. The summed E-state index contributed by atoms with van der Waals surface area (Å²) in [5.74, 6) is 0.850. The average Bonchev–Trinajstić information content (AvgIpc) is 2.75. The maximum Gasteiger partial charge on any atom is 0.246 e. The zero-order valence-electron chi connectivity index (χ0n) is 11.8. The zero-order chi connectivity index (χ0) is 15.5. The number of ether oxygens (including phenoxy) is 1. The Bertz CT molecular complexity index is 705. The van der Waals surface area contributed by atoms with E-state index in [1.54, 1.807) is 38.1 Å². The molecule has 2 aromatic rings. The Labute approximate surface area is 123 Å². The summed E-state index contributed by atoms with van der Waals surface area (Å²) in [6, 6.07) is 6.92. The average molecular weight is 311 g/mol. The van der Waals surface area contributed by atoms with Crippen LogP contribution < -0.4 is 15.2 Å². The number of aromatic nitrogens is 1. The molecule has 114 valence electrons. The van der Waals surface area contributed by atoms with Gasteiger partial charge in [0.15, 0.2) is 5.76 Å². The van der Waals surface area contributed by atoms with Gasteiger partial charge in [-0.15, -0.1) is 0 Å². The van der Waals surface area contributed by atoms with Crippen LogP contribution in [-0.2, 0) is 10.0 Å². The predicted octanol–water partition coefficient (Wildman–Crippen LogP) is 1.23. The topological polar surface area (TPSA) is 107 Å². The fourth-order valence-electron chi connectivity index (χ4n) is 1.88. The summed E-state index contributed by atoms with van der Waals surface area (Å²) in [6.45, 7) is 3.44. The molecule has 0 spiro atoms. The molecule has 0 atom stereocenters. The molecule has 1 aromatic heterocycles. The van der Waals surface area contributed by atoms with Crippen LogP contribution in [0.4, 0.5) is 5.69 Å². The van der Waals surface area contributed by atoms with Crippen LogP contribution in [0.25, 0.3) is 0 Å². The van der Waals surface area contributed by atoms with E-state index < -0.39 is 10.0 Å². The first kappa shape index (κ1) is 15.3. The molecule has 0 aliphatic rings. The largest absolute Gasteiger partial charge is 0.492 e. The molecule has 21 heavy (non-hydrogen) atoms. The van der Waals surface area contributed by atoms with Gasteiger partial charge in [-0.1, -0.05) is 11.2 Å². The Morgan fingerprint density at radius 2 is 2.14 bits per heavy atom. The molecule has 2 rings (SSSR count). The molecule has 3 N–H and O–H groups in total. The number of aryl methyl sites for hydroxylation is 2. The highest BCUT2D eigenvalue weighted by atomic mass is 32.2. The summed E-state index contributed by atoms with van der Waals surface area (Å²) in [5.41, 5.74) is 6.54. The summed E-state index contributed by atoms with van der Waals surface area (Å²) in [6.07, 6.45) is 0.